The number of thiazole rings is 1. The van der Waals surface area contributed by atoms with Gasteiger partial charge in [0.2, 0.25) is 0 Å². The first kappa shape index (κ1) is 22.5. The van der Waals surface area contributed by atoms with E-state index in [-0.39, 0.29) is 12.5 Å². The lowest BCUT2D eigenvalue weighted by atomic mass is 10.1. The zero-order chi connectivity index (χ0) is 21.2. The smallest absolute Gasteiger partial charge is 0.304 e. The number of morpholine rings is 1. The van der Waals surface area contributed by atoms with E-state index in [0.717, 1.165) is 47.2 Å². The van der Waals surface area contributed by atoms with Gasteiger partial charge in [0, 0.05) is 26.1 Å². The van der Waals surface area contributed by atoms with Crippen LogP contribution >= 0.6 is 11.3 Å². The van der Waals surface area contributed by atoms with Gasteiger partial charge in [-0.25, -0.2) is 4.98 Å². The molecule has 164 valence electrons. The molecule has 30 heavy (non-hydrogen) atoms. The van der Waals surface area contributed by atoms with Crippen LogP contribution in [0.5, 0.6) is 10.8 Å². The van der Waals surface area contributed by atoms with Crippen LogP contribution in [-0.4, -0.2) is 60.4 Å². The van der Waals surface area contributed by atoms with Crippen LogP contribution in [-0.2, 0) is 16.0 Å². The summed E-state index contributed by atoms with van der Waals surface area (Å²) in [6.07, 6.45) is 4.81. The second-order valence-electron chi connectivity index (χ2n) is 7.25. The molecule has 1 aliphatic rings. The number of aliphatic carboxylic acids is 1. The summed E-state index contributed by atoms with van der Waals surface area (Å²) in [7, 11) is 0. The van der Waals surface area contributed by atoms with E-state index in [1.807, 2.05) is 24.3 Å². The van der Waals surface area contributed by atoms with Crippen LogP contribution in [0.3, 0.4) is 0 Å². The monoisotopic (exact) mass is 434 g/mol. The maximum Gasteiger partial charge on any atom is 0.304 e. The summed E-state index contributed by atoms with van der Waals surface area (Å²) in [4.78, 5) is 17.3. The van der Waals surface area contributed by atoms with Crippen LogP contribution in [0, 0.1) is 0 Å². The van der Waals surface area contributed by atoms with Gasteiger partial charge in [0.05, 0.1) is 43.5 Å². The zero-order valence-corrected chi connectivity index (χ0v) is 18.2. The topological polar surface area (TPSA) is 81.1 Å². The number of rotatable bonds is 12. The van der Waals surface area contributed by atoms with Crippen molar-refractivity contribution in [2.45, 2.75) is 38.7 Å². The lowest BCUT2D eigenvalue weighted by Crippen LogP contribution is -2.39. The van der Waals surface area contributed by atoms with Crippen molar-refractivity contribution in [3.05, 3.63) is 41.0 Å². The number of hydrogen-bond donors (Lipinski definition) is 1. The van der Waals surface area contributed by atoms with Crippen LogP contribution in [0.15, 0.2) is 30.5 Å². The maximum atomic E-state index is 10.8. The normalized spacial score (nSPS) is 17.0. The van der Waals surface area contributed by atoms with Crippen molar-refractivity contribution in [2.75, 3.05) is 39.5 Å². The van der Waals surface area contributed by atoms with E-state index in [1.54, 1.807) is 17.5 Å². The Hall–Kier alpha value is -2.16. The highest BCUT2D eigenvalue weighted by molar-refractivity contribution is 7.13. The summed E-state index contributed by atoms with van der Waals surface area (Å²) in [6.45, 7) is 5.99. The Labute approximate surface area is 181 Å². The summed E-state index contributed by atoms with van der Waals surface area (Å²) < 4.78 is 17.4. The van der Waals surface area contributed by atoms with Crippen molar-refractivity contribution in [2.24, 2.45) is 0 Å². The molecule has 0 spiro atoms. The first-order valence-corrected chi connectivity index (χ1v) is 11.3. The fraction of sp³-hybridized carbons (Fsp3) is 0.545. The van der Waals surface area contributed by atoms with Gasteiger partial charge in [0.25, 0.3) is 0 Å². The van der Waals surface area contributed by atoms with Crippen molar-refractivity contribution >= 4 is 17.3 Å². The van der Waals surface area contributed by atoms with E-state index in [1.165, 1.54) is 0 Å². The average Bonchev–Trinajstić information content (AvgIpc) is 3.20. The molecule has 1 aromatic heterocycles. The van der Waals surface area contributed by atoms with Crippen LogP contribution in [0.1, 0.15) is 42.9 Å². The van der Waals surface area contributed by atoms with Crippen LogP contribution < -0.4 is 9.47 Å². The van der Waals surface area contributed by atoms with Gasteiger partial charge in [-0.2, -0.15) is 0 Å². The van der Waals surface area contributed by atoms with Crippen molar-refractivity contribution in [1.82, 2.24) is 9.88 Å². The first-order valence-electron chi connectivity index (χ1n) is 10.5. The van der Waals surface area contributed by atoms with Gasteiger partial charge < -0.3 is 19.3 Å². The Balaban J connectivity index is 1.36. The lowest BCUT2D eigenvalue weighted by molar-refractivity contribution is -0.137. The fourth-order valence-electron chi connectivity index (χ4n) is 3.25. The number of ether oxygens (including phenoxy) is 3. The fourth-order valence-corrected chi connectivity index (χ4v) is 4.14. The molecule has 1 fully saturated rings. The molecule has 1 atom stereocenters. The van der Waals surface area contributed by atoms with Gasteiger partial charge in [0.1, 0.15) is 5.75 Å². The molecule has 0 amide bonds. The molecule has 1 saturated heterocycles. The van der Waals surface area contributed by atoms with Gasteiger partial charge in [0.15, 0.2) is 5.06 Å². The first-order chi connectivity index (χ1) is 14.6. The molecule has 0 saturated carbocycles. The van der Waals surface area contributed by atoms with Crippen molar-refractivity contribution in [3.8, 4) is 10.8 Å². The molecule has 0 bridgehead atoms. The molecule has 3 rings (SSSR count). The number of hydrogen-bond acceptors (Lipinski definition) is 7. The lowest BCUT2D eigenvalue weighted by Gasteiger charge is -2.32. The molecular formula is C22H30N2O5S. The molecule has 7 nitrogen and oxygen atoms in total. The highest BCUT2D eigenvalue weighted by atomic mass is 32.1. The summed E-state index contributed by atoms with van der Waals surface area (Å²) in [5.41, 5.74) is 1.08. The van der Waals surface area contributed by atoms with Crippen molar-refractivity contribution in [3.63, 3.8) is 0 Å². The number of benzene rings is 1. The molecule has 8 heteroatoms. The van der Waals surface area contributed by atoms with E-state index >= 15 is 0 Å². The maximum absolute atomic E-state index is 10.8. The largest absolute Gasteiger partial charge is 0.493 e. The second-order valence-corrected chi connectivity index (χ2v) is 8.32. The molecular weight excluding hydrogens is 404 g/mol. The molecule has 1 aromatic carbocycles. The molecule has 1 aliphatic heterocycles. The van der Waals surface area contributed by atoms with E-state index in [9.17, 15) is 4.79 Å². The number of carbonyl (C=O) groups is 1. The Bertz CT molecular complexity index is 780. The van der Waals surface area contributed by atoms with E-state index in [2.05, 4.69) is 16.8 Å². The Kier molecular flexibility index (Phi) is 8.92. The predicted molar refractivity (Wildman–Crippen MR) is 116 cm³/mol. The predicted octanol–water partition coefficient (Wildman–Crippen LogP) is 3.79. The minimum atomic E-state index is -0.766. The highest BCUT2D eigenvalue weighted by Gasteiger charge is 2.22. The van der Waals surface area contributed by atoms with Crippen molar-refractivity contribution in [1.29, 1.82) is 0 Å². The third kappa shape index (κ3) is 7.27. The summed E-state index contributed by atoms with van der Waals surface area (Å²) in [5.74, 6) is 0.0542. The Morgan fingerprint density at radius 1 is 1.30 bits per heavy atom. The third-order valence-electron chi connectivity index (χ3n) is 4.84. The number of carboxylic acids is 1. The van der Waals surface area contributed by atoms with Gasteiger partial charge in [-0.15, -0.1) is 0 Å². The number of nitrogens with zero attached hydrogens (tertiary/aromatic N) is 2. The summed E-state index contributed by atoms with van der Waals surface area (Å²) in [5, 5.41) is 10.8. The van der Waals surface area contributed by atoms with Gasteiger partial charge in [-0.05, 0) is 30.5 Å². The van der Waals surface area contributed by atoms with Gasteiger partial charge >= 0.3 is 5.97 Å². The third-order valence-corrected chi connectivity index (χ3v) is 5.81. The van der Waals surface area contributed by atoms with Crippen LogP contribution in [0.25, 0.3) is 0 Å². The van der Waals surface area contributed by atoms with Crippen molar-refractivity contribution < 1.29 is 24.1 Å². The zero-order valence-electron chi connectivity index (χ0n) is 17.4. The average molecular weight is 435 g/mol. The number of aryl methyl sites for hydroxylation is 1. The molecule has 0 aliphatic carbocycles. The number of aromatic nitrogens is 1. The SMILES string of the molecule is CCCc1ncc(OCCCOc2ccc(C3CN(CCC(=O)O)CCO3)cc2)s1. The number of carboxylic acid groups (broad SMARTS) is 1. The van der Waals surface area contributed by atoms with Gasteiger partial charge in [-0.3, -0.25) is 9.69 Å². The standard InChI is InChI=1S/C22H30N2O5S/c1-2-4-20-23-15-22(30-20)29-13-3-12-27-18-7-5-17(6-8-18)19-16-24(11-14-28-19)10-9-21(25)26/h5-8,15,19H,2-4,9-14,16H2,1H3,(H,25,26). The highest BCUT2D eigenvalue weighted by Crippen LogP contribution is 2.25. The summed E-state index contributed by atoms with van der Waals surface area (Å²) >= 11 is 1.61. The van der Waals surface area contributed by atoms with Crippen LogP contribution in [0.2, 0.25) is 0 Å². The molecule has 1 unspecified atom stereocenters. The Morgan fingerprint density at radius 2 is 2.10 bits per heavy atom. The minimum Gasteiger partial charge on any atom is -0.493 e. The van der Waals surface area contributed by atoms with Crippen LogP contribution in [0.4, 0.5) is 0 Å². The second kappa shape index (κ2) is 11.9. The molecule has 2 heterocycles. The molecule has 2 aromatic rings. The molecule has 1 N–H and O–H groups in total. The molecule has 0 radical (unpaired) electrons. The quantitative estimate of drug-likeness (QED) is 0.509. The van der Waals surface area contributed by atoms with Gasteiger partial charge in [-0.1, -0.05) is 30.4 Å². The van der Waals surface area contributed by atoms with E-state index in [4.69, 9.17) is 19.3 Å². The summed E-state index contributed by atoms with van der Waals surface area (Å²) in [6, 6.07) is 7.94. The Morgan fingerprint density at radius 3 is 2.87 bits per heavy atom. The minimum absolute atomic E-state index is 0.0352. The van der Waals surface area contributed by atoms with E-state index < -0.39 is 5.97 Å². The van der Waals surface area contributed by atoms with E-state index in [0.29, 0.717) is 32.9 Å².